The van der Waals surface area contributed by atoms with Crippen LogP contribution in [-0.4, -0.2) is 48.6 Å². The Hall–Kier alpha value is -2.83. The molecular weight excluding hydrogens is 442 g/mol. The molecule has 1 saturated heterocycles. The average Bonchev–Trinajstić information content (AvgIpc) is 3.03. The second kappa shape index (κ2) is 10.9. The first-order valence-electron chi connectivity index (χ1n) is 11.0. The lowest BCUT2D eigenvalue weighted by Crippen LogP contribution is -2.31. The van der Waals surface area contributed by atoms with E-state index in [9.17, 15) is 14.7 Å². The fraction of sp³-hybridized carbons (Fsp3) is 0.385. The van der Waals surface area contributed by atoms with Gasteiger partial charge in [-0.3, -0.25) is 9.59 Å². The van der Waals surface area contributed by atoms with Crippen LogP contribution in [0.25, 0.3) is 5.76 Å². The number of benzene rings is 2. The Morgan fingerprint density at radius 1 is 1.15 bits per heavy atom. The summed E-state index contributed by atoms with van der Waals surface area (Å²) in [6.07, 6.45) is 0.564. The molecule has 0 bridgehead atoms. The lowest BCUT2D eigenvalue weighted by Gasteiger charge is -2.25. The Bertz CT molecular complexity index is 1050. The number of aryl methyl sites for hydroxylation is 1. The van der Waals surface area contributed by atoms with Gasteiger partial charge < -0.3 is 19.5 Å². The van der Waals surface area contributed by atoms with Crippen LogP contribution in [0.2, 0.25) is 5.02 Å². The molecule has 1 amide bonds. The molecule has 0 saturated carbocycles. The van der Waals surface area contributed by atoms with Gasteiger partial charge in [-0.15, -0.1) is 0 Å². The number of Topliss-reactive ketones (excluding diaryl/α,β-unsaturated/α-hetero) is 1. The Kier molecular flexibility index (Phi) is 8.16. The molecule has 0 aromatic heterocycles. The van der Waals surface area contributed by atoms with Gasteiger partial charge in [-0.2, -0.15) is 0 Å². The number of rotatable bonds is 9. The number of methoxy groups -OCH3 is 1. The number of ether oxygens (including phenoxy) is 2. The van der Waals surface area contributed by atoms with E-state index in [1.165, 1.54) is 4.90 Å². The maximum Gasteiger partial charge on any atom is 0.295 e. The van der Waals surface area contributed by atoms with E-state index in [1.807, 2.05) is 13.0 Å². The number of hydrogen-bond donors (Lipinski definition) is 1. The van der Waals surface area contributed by atoms with Gasteiger partial charge in [-0.05, 0) is 60.7 Å². The van der Waals surface area contributed by atoms with Crippen molar-refractivity contribution in [3.8, 4) is 5.75 Å². The summed E-state index contributed by atoms with van der Waals surface area (Å²) < 4.78 is 10.9. The number of halogens is 1. The highest BCUT2D eigenvalue weighted by Crippen LogP contribution is 2.40. The molecule has 2 aromatic rings. The van der Waals surface area contributed by atoms with E-state index in [4.69, 9.17) is 21.1 Å². The highest BCUT2D eigenvalue weighted by atomic mass is 35.5. The van der Waals surface area contributed by atoms with Gasteiger partial charge in [-0.1, -0.05) is 37.6 Å². The fourth-order valence-electron chi connectivity index (χ4n) is 3.88. The van der Waals surface area contributed by atoms with Crippen LogP contribution in [0.5, 0.6) is 5.75 Å². The van der Waals surface area contributed by atoms with E-state index in [0.29, 0.717) is 54.0 Å². The summed E-state index contributed by atoms with van der Waals surface area (Å²) in [4.78, 5) is 27.5. The molecule has 0 spiro atoms. The van der Waals surface area contributed by atoms with Gasteiger partial charge in [0.1, 0.15) is 11.5 Å². The van der Waals surface area contributed by atoms with Crippen molar-refractivity contribution in [1.82, 2.24) is 4.90 Å². The van der Waals surface area contributed by atoms with Crippen molar-refractivity contribution >= 4 is 29.1 Å². The number of carbonyl (C=O) groups is 2. The lowest BCUT2D eigenvalue weighted by molar-refractivity contribution is -0.140. The maximum atomic E-state index is 13.1. The summed E-state index contributed by atoms with van der Waals surface area (Å²) in [7, 11) is 1.59. The SMILES string of the molecule is COCCCN1C(=O)C(=O)C(=C(O)c2ccc(OCC(C)C)cc2C)C1c1ccc(Cl)cc1. The third kappa shape index (κ3) is 5.57. The zero-order valence-electron chi connectivity index (χ0n) is 19.4. The first-order valence-corrected chi connectivity index (χ1v) is 11.4. The van der Waals surface area contributed by atoms with Gasteiger partial charge in [-0.25, -0.2) is 0 Å². The van der Waals surface area contributed by atoms with Crippen molar-refractivity contribution in [1.29, 1.82) is 0 Å². The summed E-state index contributed by atoms with van der Waals surface area (Å²) in [5.41, 5.74) is 2.00. The molecule has 7 heteroatoms. The molecule has 1 fully saturated rings. The van der Waals surface area contributed by atoms with Gasteiger partial charge in [0.25, 0.3) is 11.7 Å². The van der Waals surface area contributed by atoms with Crippen LogP contribution in [0, 0.1) is 12.8 Å². The standard InChI is InChI=1S/C26H30ClNO5/c1-16(2)15-33-20-10-11-21(17(3)14-20)24(29)22-23(18-6-8-19(27)9-7-18)28(12-5-13-32-4)26(31)25(22)30/h6-11,14,16,23,29H,5,12-13,15H2,1-4H3. The summed E-state index contributed by atoms with van der Waals surface area (Å²) in [5.74, 6) is -0.471. The predicted molar refractivity (Wildman–Crippen MR) is 128 cm³/mol. The average molecular weight is 472 g/mol. The highest BCUT2D eigenvalue weighted by Gasteiger charge is 2.45. The van der Waals surface area contributed by atoms with Crippen LogP contribution in [0.1, 0.15) is 43.0 Å². The summed E-state index contributed by atoms with van der Waals surface area (Å²) in [5, 5.41) is 11.8. The van der Waals surface area contributed by atoms with Crippen molar-refractivity contribution in [2.45, 2.75) is 33.2 Å². The molecule has 1 aliphatic heterocycles. The van der Waals surface area contributed by atoms with Gasteiger partial charge in [0, 0.05) is 30.8 Å². The molecule has 0 aliphatic carbocycles. The zero-order valence-corrected chi connectivity index (χ0v) is 20.2. The van der Waals surface area contributed by atoms with Crippen molar-refractivity contribution in [3.05, 3.63) is 69.8 Å². The third-order valence-corrected chi connectivity index (χ3v) is 5.76. The smallest absolute Gasteiger partial charge is 0.295 e. The Morgan fingerprint density at radius 3 is 2.45 bits per heavy atom. The molecule has 176 valence electrons. The minimum Gasteiger partial charge on any atom is -0.507 e. The number of nitrogens with zero attached hydrogens (tertiary/aromatic N) is 1. The third-order valence-electron chi connectivity index (χ3n) is 5.51. The van der Waals surface area contributed by atoms with Crippen LogP contribution in [0.3, 0.4) is 0 Å². The number of aliphatic hydroxyl groups excluding tert-OH is 1. The number of ketones is 1. The van der Waals surface area contributed by atoms with Crippen LogP contribution in [0.4, 0.5) is 0 Å². The fourth-order valence-corrected chi connectivity index (χ4v) is 4.01. The monoisotopic (exact) mass is 471 g/mol. The highest BCUT2D eigenvalue weighted by molar-refractivity contribution is 6.46. The molecule has 3 rings (SSSR count). The van der Waals surface area contributed by atoms with Gasteiger partial charge in [0.15, 0.2) is 0 Å². The summed E-state index contributed by atoms with van der Waals surface area (Å²) >= 11 is 6.05. The molecule has 1 aliphatic rings. The largest absolute Gasteiger partial charge is 0.507 e. The van der Waals surface area contributed by atoms with Crippen molar-refractivity contribution in [2.75, 3.05) is 26.9 Å². The molecular formula is C26H30ClNO5. The quantitative estimate of drug-likeness (QED) is 0.237. The van der Waals surface area contributed by atoms with Crippen molar-refractivity contribution < 1.29 is 24.2 Å². The molecule has 33 heavy (non-hydrogen) atoms. The van der Waals surface area contributed by atoms with E-state index in [1.54, 1.807) is 43.5 Å². The van der Waals surface area contributed by atoms with E-state index < -0.39 is 17.7 Å². The van der Waals surface area contributed by atoms with Crippen LogP contribution >= 0.6 is 11.6 Å². The Morgan fingerprint density at radius 2 is 1.85 bits per heavy atom. The Balaban J connectivity index is 2.05. The van der Waals surface area contributed by atoms with Crippen molar-refractivity contribution in [3.63, 3.8) is 0 Å². The van der Waals surface area contributed by atoms with E-state index >= 15 is 0 Å². The number of amides is 1. The molecule has 2 aromatic carbocycles. The number of carbonyl (C=O) groups excluding carboxylic acids is 2. The molecule has 1 N–H and O–H groups in total. The van der Waals surface area contributed by atoms with E-state index in [0.717, 1.165) is 5.56 Å². The minimum absolute atomic E-state index is 0.0682. The second-order valence-corrected chi connectivity index (χ2v) is 9.01. The number of hydrogen-bond acceptors (Lipinski definition) is 5. The van der Waals surface area contributed by atoms with Crippen LogP contribution < -0.4 is 4.74 Å². The molecule has 6 nitrogen and oxygen atoms in total. The summed E-state index contributed by atoms with van der Waals surface area (Å²) in [6.45, 7) is 7.32. The van der Waals surface area contributed by atoms with Gasteiger partial charge in [0.05, 0.1) is 18.2 Å². The Labute approximate surface area is 199 Å². The van der Waals surface area contributed by atoms with E-state index in [2.05, 4.69) is 13.8 Å². The zero-order chi connectivity index (χ0) is 24.1. The molecule has 0 radical (unpaired) electrons. The first-order chi connectivity index (χ1) is 15.7. The molecule has 1 atom stereocenters. The van der Waals surface area contributed by atoms with Crippen LogP contribution in [-0.2, 0) is 14.3 Å². The molecule has 1 unspecified atom stereocenters. The van der Waals surface area contributed by atoms with Gasteiger partial charge >= 0.3 is 0 Å². The second-order valence-electron chi connectivity index (χ2n) is 8.57. The normalized spacial score (nSPS) is 17.8. The predicted octanol–water partition coefficient (Wildman–Crippen LogP) is 5.14. The first kappa shape index (κ1) is 24.8. The molecule has 1 heterocycles. The topological polar surface area (TPSA) is 76.1 Å². The lowest BCUT2D eigenvalue weighted by atomic mass is 9.94. The number of likely N-dealkylation sites (tertiary alicyclic amines) is 1. The van der Waals surface area contributed by atoms with E-state index in [-0.39, 0.29) is 11.3 Å². The maximum absolute atomic E-state index is 13.1. The number of aliphatic hydroxyl groups is 1. The minimum atomic E-state index is -0.713. The van der Waals surface area contributed by atoms with Gasteiger partial charge in [0.2, 0.25) is 0 Å². The van der Waals surface area contributed by atoms with Crippen LogP contribution in [0.15, 0.2) is 48.0 Å². The van der Waals surface area contributed by atoms with Crippen molar-refractivity contribution in [2.24, 2.45) is 5.92 Å². The summed E-state index contributed by atoms with van der Waals surface area (Å²) in [6, 6.07) is 11.5.